The van der Waals surface area contributed by atoms with Crippen LogP contribution in [0.2, 0.25) is 0 Å². The SMILES string of the molecule is Cc1cccc(OCC(C)C)c1-n1nc2c(c1-c1cc(F)c(N)cc1F)CN(C(=O)O)CC2. The number of fused-ring (bicyclic) bond motifs is 1. The average Bonchev–Trinajstić information content (AvgIpc) is 3.12. The van der Waals surface area contributed by atoms with E-state index in [1.807, 2.05) is 32.9 Å². The van der Waals surface area contributed by atoms with Gasteiger partial charge in [-0.3, -0.25) is 0 Å². The molecule has 1 aromatic heterocycles. The molecule has 33 heavy (non-hydrogen) atoms. The van der Waals surface area contributed by atoms with Gasteiger partial charge in [0.1, 0.15) is 23.1 Å². The summed E-state index contributed by atoms with van der Waals surface area (Å²) in [4.78, 5) is 12.9. The molecule has 0 aliphatic carbocycles. The average molecular weight is 456 g/mol. The zero-order valence-corrected chi connectivity index (χ0v) is 18.7. The van der Waals surface area contributed by atoms with E-state index in [0.717, 1.165) is 17.7 Å². The second kappa shape index (κ2) is 8.73. The molecule has 2 aromatic carbocycles. The monoisotopic (exact) mass is 456 g/mol. The molecule has 3 N–H and O–H groups in total. The lowest BCUT2D eigenvalue weighted by atomic mass is 9.99. The summed E-state index contributed by atoms with van der Waals surface area (Å²) in [6.07, 6.45) is -0.727. The highest BCUT2D eigenvalue weighted by atomic mass is 19.1. The highest BCUT2D eigenvalue weighted by molar-refractivity contribution is 5.73. The van der Waals surface area contributed by atoms with Gasteiger partial charge >= 0.3 is 6.09 Å². The molecule has 0 spiro atoms. The smallest absolute Gasteiger partial charge is 0.407 e. The van der Waals surface area contributed by atoms with E-state index in [2.05, 4.69) is 0 Å². The molecule has 4 rings (SSSR count). The van der Waals surface area contributed by atoms with Crippen molar-refractivity contribution in [3.8, 4) is 22.7 Å². The predicted octanol–water partition coefficient (Wildman–Crippen LogP) is 4.78. The molecule has 1 aliphatic rings. The summed E-state index contributed by atoms with van der Waals surface area (Å²) in [7, 11) is 0. The molecule has 1 aliphatic heterocycles. The molecular weight excluding hydrogens is 430 g/mol. The summed E-state index contributed by atoms with van der Waals surface area (Å²) >= 11 is 0. The van der Waals surface area contributed by atoms with E-state index in [1.54, 1.807) is 10.7 Å². The molecular formula is C24H26F2N4O3. The number of nitrogens with two attached hydrogens (primary N) is 1. The van der Waals surface area contributed by atoms with Gasteiger partial charge in [-0.2, -0.15) is 5.10 Å². The number of nitrogens with zero attached hydrogens (tertiary/aromatic N) is 3. The maximum absolute atomic E-state index is 15.1. The van der Waals surface area contributed by atoms with Crippen molar-refractivity contribution in [2.75, 3.05) is 18.9 Å². The molecule has 0 saturated heterocycles. The summed E-state index contributed by atoms with van der Waals surface area (Å²) in [5.41, 5.74) is 8.10. The normalized spacial score (nSPS) is 13.3. The number of aryl methyl sites for hydroxylation is 1. The van der Waals surface area contributed by atoms with Gasteiger partial charge in [0.2, 0.25) is 0 Å². The van der Waals surface area contributed by atoms with Crippen molar-refractivity contribution in [2.45, 2.75) is 33.7 Å². The number of rotatable bonds is 5. The number of aromatic nitrogens is 2. The van der Waals surface area contributed by atoms with Crippen LogP contribution >= 0.6 is 0 Å². The Morgan fingerprint density at radius 2 is 2.03 bits per heavy atom. The van der Waals surface area contributed by atoms with Crippen molar-refractivity contribution in [2.24, 2.45) is 5.92 Å². The Hall–Kier alpha value is -3.62. The first-order chi connectivity index (χ1) is 15.7. The first-order valence-corrected chi connectivity index (χ1v) is 10.7. The minimum atomic E-state index is -1.08. The zero-order valence-electron chi connectivity index (χ0n) is 18.7. The fraction of sp³-hybridized carbons (Fsp3) is 0.333. The van der Waals surface area contributed by atoms with E-state index in [4.69, 9.17) is 15.6 Å². The van der Waals surface area contributed by atoms with E-state index >= 15 is 4.39 Å². The number of halogens is 2. The van der Waals surface area contributed by atoms with Gasteiger partial charge in [-0.25, -0.2) is 18.3 Å². The van der Waals surface area contributed by atoms with Crippen LogP contribution in [0.25, 0.3) is 16.9 Å². The van der Waals surface area contributed by atoms with Gasteiger partial charge < -0.3 is 20.5 Å². The number of para-hydroxylation sites is 1. The van der Waals surface area contributed by atoms with Crippen molar-refractivity contribution in [1.29, 1.82) is 0 Å². The van der Waals surface area contributed by atoms with Crippen molar-refractivity contribution < 1.29 is 23.4 Å². The van der Waals surface area contributed by atoms with Crippen LogP contribution < -0.4 is 10.5 Å². The number of amides is 1. The molecule has 0 radical (unpaired) electrons. The number of ether oxygens (including phenoxy) is 1. The number of benzene rings is 2. The lowest BCUT2D eigenvalue weighted by molar-refractivity contribution is 0.140. The van der Waals surface area contributed by atoms with Gasteiger partial charge in [-0.15, -0.1) is 0 Å². The van der Waals surface area contributed by atoms with Gasteiger partial charge in [0.05, 0.1) is 30.2 Å². The van der Waals surface area contributed by atoms with Gasteiger partial charge in [0, 0.05) is 30.2 Å². The van der Waals surface area contributed by atoms with Crippen molar-refractivity contribution >= 4 is 11.8 Å². The molecule has 0 atom stereocenters. The Morgan fingerprint density at radius 1 is 1.27 bits per heavy atom. The fourth-order valence-electron chi connectivity index (χ4n) is 4.00. The van der Waals surface area contributed by atoms with E-state index in [0.29, 0.717) is 35.7 Å². The number of carboxylic acid groups (broad SMARTS) is 1. The lowest BCUT2D eigenvalue weighted by Gasteiger charge is -2.24. The Morgan fingerprint density at radius 3 is 2.73 bits per heavy atom. The Balaban J connectivity index is 1.99. The van der Waals surface area contributed by atoms with Crippen molar-refractivity contribution in [3.05, 3.63) is 58.8 Å². The van der Waals surface area contributed by atoms with Gasteiger partial charge in [0.25, 0.3) is 0 Å². The first kappa shape index (κ1) is 22.6. The Labute approximate surface area is 190 Å². The van der Waals surface area contributed by atoms with E-state index in [1.165, 1.54) is 4.90 Å². The first-order valence-electron chi connectivity index (χ1n) is 10.7. The molecule has 0 bridgehead atoms. The van der Waals surface area contributed by atoms with Crippen LogP contribution in [0.5, 0.6) is 5.75 Å². The number of anilines is 1. The summed E-state index contributed by atoms with van der Waals surface area (Å²) in [6, 6.07) is 7.50. The molecule has 0 fully saturated rings. The number of nitrogen functional groups attached to an aromatic ring is 1. The number of carbonyl (C=O) groups is 1. The predicted molar refractivity (Wildman–Crippen MR) is 121 cm³/mol. The molecule has 174 valence electrons. The van der Waals surface area contributed by atoms with Crippen LogP contribution in [0.4, 0.5) is 19.3 Å². The summed E-state index contributed by atoms with van der Waals surface area (Å²) in [5, 5.41) is 14.3. The zero-order chi connectivity index (χ0) is 23.9. The molecule has 7 nitrogen and oxygen atoms in total. The van der Waals surface area contributed by atoms with Crippen LogP contribution in [-0.2, 0) is 13.0 Å². The van der Waals surface area contributed by atoms with Crippen LogP contribution in [0.3, 0.4) is 0 Å². The minimum Gasteiger partial charge on any atom is -0.491 e. The third kappa shape index (κ3) is 4.22. The van der Waals surface area contributed by atoms with Gasteiger partial charge in [0.15, 0.2) is 0 Å². The van der Waals surface area contributed by atoms with Crippen LogP contribution in [-0.4, -0.2) is 39.0 Å². The van der Waals surface area contributed by atoms with Crippen molar-refractivity contribution in [1.82, 2.24) is 14.7 Å². The standard InChI is InChI=1S/C24H26F2N4O3/c1-13(2)12-33-21-6-4-5-14(3)22(21)30-23(15-9-18(26)19(27)10-17(15)25)16-11-29(24(31)32)8-7-20(16)28-30/h4-6,9-10,13H,7-8,11-12,27H2,1-3H3,(H,31,32). The van der Waals surface area contributed by atoms with Gasteiger partial charge in [-0.1, -0.05) is 26.0 Å². The molecule has 2 heterocycles. The fourth-order valence-corrected chi connectivity index (χ4v) is 4.00. The summed E-state index contributed by atoms with van der Waals surface area (Å²) in [5.74, 6) is -0.656. The lowest BCUT2D eigenvalue weighted by Crippen LogP contribution is -2.34. The Bertz CT molecular complexity index is 1220. The van der Waals surface area contributed by atoms with Gasteiger partial charge in [-0.05, 0) is 30.5 Å². The summed E-state index contributed by atoms with van der Waals surface area (Å²) in [6.45, 7) is 6.68. The maximum atomic E-state index is 15.1. The second-order valence-electron chi connectivity index (χ2n) is 8.62. The van der Waals surface area contributed by atoms with E-state index in [9.17, 15) is 14.3 Å². The molecule has 0 saturated carbocycles. The number of hydrogen-bond acceptors (Lipinski definition) is 4. The summed E-state index contributed by atoms with van der Waals surface area (Å²) < 4.78 is 37.1. The molecule has 3 aromatic rings. The third-order valence-electron chi connectivity index (χ3n) is 5.63. The third-order valence-corrected chi connectivity index (χ3v) is 5.63. The number of hydrogen-bond donors (Lipinski definition) is 2. The van der Waals surface area contributed by atoms with Crippen LogP contribution in [0.1, 0.15) is 30.7 Å². The minimum absolute atomic E-state index is 0.0134. The highest BCUT2D eigenvalue weighted by Crippen LogP contribution is 2.38. The molecule has 0 unspecified atom stereocenters. The largest absolute Gasteiger partial charge is 0.491 e. The molecule has 1 amide bonds. The van der Waals surface area contributed by atoms with Crippen LogP contribution in [0.15, 0.2) is 30.3 Å². The van der Waals surface area contributed by atoms with Crippen molar-refractivity contribution in [3.63, 3.8) is 0 Å². The van der Waals surface area contributed by atoms with E-state index in [-0.39, 0.29) is 36.0 Å². The second-order valence-corrected chi connectivity index (χ2v) is 8.62. The van der Waals surface area contributed by atoms with E-state index < -0.39 is 17.7 Å². The molecule has 9 heteroatoms. The highest BCUT2D eigenvalue weighted by Gasteiger charge is 2.31. The quantitative estimate of drug-likeness (QED) is 0.539. The maximum Gasteiger partial charge on any atom is 0.407 e. The topological polar surface area (TPSA) is 93.6 Å². The Kier molecular flexibility index (Phi) is 5.97. The van der Waals surface area contributed by atoms with Crippen LogP contribution in [0, 0.1) is 24.5 Å².